The third kappa shape index (κ3) is 3.67. The van der Waals surface area contributed by atoms with E-state index in [1.807, 2.05) is 45.0 Å². The van der Waals surface area contributed by atoms with Gasteiger partial charge in [-0.05, 0) is 17.7 Å². The number of halogens is 1. The topological polar surface area (TPSA) is 29.1 Å². The number of hydrogen-bond acceptors (Lipinski definition) is 1. The van der Waals surface area contributed by atoms with E-state index < -0.39 is 0 Å². The lowest BCUT2D eigenvalue weighted by Crippen LogP contribution is -2.27. The quantitative estimate of drug-likeness (QED) is 0.818. The molecule has 15 heavy (non-hydrogen) atoms. The molecular formula is C12H16BrNO. The van der Waals surface area contributed by atoms with E-state index in [-0.39, 0.29) is 11.3 Å². The molecule has 0 radical (unpaired) electrons. The Morgan fingerprint density at radius 3 is 2.20 bits per heavy atom. The molecule has 1 aromatic rings. The van der Waals surface area contributed by atoms with Crippen LogP contribution in [0.25, 0.3) is 0 Å². The molecule has 82 valence electrons. The van der Waals surface area contributed by atoms with Gasteiger partial charge in [-0.25, -0.2) is 0 Å². The van der Waals surface area contributed by atoms with Crippen LogP contribution in [0.5, 0.6) is 0 Å². The molecule has 0 fully saturated rings. The summed E-state index contributed by atoms with van der Waals surface area (Å²) in [6, 6.07) is 7.82. The fourth-order valence-electron chi connectivity index (χ4n) is 0.996. The van der Waals surface area contributed by atoms with Crippen molar-refractivity contribution >= 4 is 27.5 Å². The van der Waals surface area contributed by atoms with Crippen molar-refractivity contribution in [3.8, 4) is 0 Å². The van der Waals surface area contributed by atoms with Crippen LogP contribution in [0.4, 0.5) is 5.69 Å². The summed E-state index contributed by atoms with van der Waals surface area (Å²) in [4.78, 5) is 11.7. The van der Waals surface area contributed by atoms with Crippen molar-refractivity contribution in [2.24, 2.45) is 5.41 Å². The molecule has 2 nitrogen and oxygen atoms in total. The number of carbonyl (C=O) groups is 1. The zero-order valence-electron chi connectivity index (χ0n) is 9.30. The lowest BCUT2D eigenvalue weighted by atomic mass is 9.95. The number of benzene rings is 1. The second-order valence-corrected chi connectivity index (χ2v) is 5.10. The summed E-state index contributed by atoms with van der Waals surface area (Å²) in [5, 5.41) is 3.71. The summed E-state index contributed by atoms with van der Waals surface area (Å²) in [5.74, 6) is 0.0362. The standard InChI is InChI=1S/C12H16BrNO/c1-12(2,3)11(15)14-10-6-4-9(8-13)5-7-10/h4-7H,8H2,1-3H3,(H,14,15). The van der Waals surface area contributed by atoms with Gasteiger partial charge in [0.15, 0.2) is 0 Å². The molecule has 1 rings (SSSR count). The first-order valence-corrected chi connectivity index (χ1v) is 6.02. The first-order chi connectivity index (χ1) is 6.93. The maximum absolute atomic E-state index is 11.7. The molecular weight excluding hydrogens is 254 g/mol. The first kappa shape index (κ1) is 12.2. The summed E-state index contributed by atoms with van der Waals surface area (Å²) < 4.78 is 0. The van der Waals surface area contributed by atoms with E-state index in [0.29, 0.717) is 0 Å². The maximum atomic E-state index is 11.7. The molecule has 0 aliphatic carbocycles. The Hall–Kier alpha value is -0.830. The van der Waals surface area contributed by atoms with E-state index >= 15 is 0 Å². The first-order valence-electron chi connectivity index (χ1n) is 4.90. The number of rotatable bonds is 2. The minimum absolute atomic E-state index is 0.0362. The molecule has 0 unspecified atom stereocenters. The molecule has 0 heterocycles. The number of alkyl halides is 1. The third-order valence-corrected chi connectivity index (χ3v) is 2.69. The normalized spacial score (nSPS) is 11.2. The average molecular weight is 270 g/mol. The van der Waals surface area contributed by atoms with Crippen molar-refractivity contribution in [2.45, 2.75) is 26.1 Å². The van der Waals surface area contributed by atoms with Gasteiger partial charge in [-0.3, -0.25) is 4.79 Å². The highest BCUT2D eigenvalue weighted by molar-refractivity contribution is 9.08. The van der Waals surface area contributed by atoms with Gasteiger partial charge < -0.3 is 5.32 Å². The lowest BCUT2D eigenvalue weighted by Gasteiger charge is -2.17. The highest BCUT2D eigenvalue weighted by Crippen LogP contribution is 2.18. The Morgan fingerprint density at radius 2 is 1.80 bits per heavy atom. The van der Waals surface area contributed by atoms with Crippen LogP contribution < -0.4 is 5.32 Å². The summed E-state index contributed by atoms with van der Waals surface area (Å²) >= 11 is 3.38. The molecule has 0 spiro atoms. The predicted octanol–water partition coefficient (Wildman–Crippen LogP) is 3.57. The fourth-order valence-corrected chi connectivity index (χ4v) is 1.37. The van der Waals surface area contributed by atoms with Crippen LogP contribution in [0.2, 0.25) is 0 Å². The van der Waals surface area contributed by atoms with Gasteiger partial charge in [-0.1, -0.05) is 48.8 Å². The van der Waals surface area contributed by atoms with Crippen LogP contribution in [0.1, 0.15) is 26.3 Å². The molecule has 0 saturated heterocycles. The number of nitrogens with one attached hydrogen (secondary N) is 1. The Labute approximate surface area is 99.2 Å². The van der Waals surface area contributed by atoms with Crippen molar-refractivity contribution < 1.29 is 4.79 Å². The van der Waals surface area contributed by atoms with Crippen LogP contribution in [0.3, 0.4) is 0 Å². The second-order valence-electron chi connectivity index (χ2n) is 4.53. The Balaban J connectivity index is 2.70. The molecule has 3 heteroatoms. The van der Waals surface area contributed by atoms with Crippen LogP contribution in [0, 0.1) is 5.41 Å². The zero-order valence-corrected chi connectivity index (χ0v) is 10.9. The van der Waals surface area contributed by atoms with Crippen molar-refractivity contribution in [1.29, 1.82) is 0 Å². The fraction of sp³-hybridized carbons (Fsp3) is 0.417. The van der Waals surface area contributed by atoms with Crippen LogP contribution in [-0.2, 0) is 10.1 Å². The molecule has 1 aromatic carbocycles. The highest BCUT2D eigenvalue weighted by atomic mass is 79.9. The molecule has 0 aromatic heterocycles. The average Bonchev–Trinajstić information content (AvgIpc) is 2.17. The molecule has 0 saturated carbocycles. The van der Waals surface area contributed by atoms with Crippen LogP contribution in [-0.4, -0.2) is 5.91 Å². The molecule has 1 amide bonds. The summed E-state index contributed by atoms with van der Waals surface area (Å²) in [5.41, 5.74) is 1.69. The van der Waals surface area contributed by atoms with E-state index in [9.17, 15) is 4.79 Å². The molecule has 0 aliphatic heterocycles. The zero-order chi connectivity index (χ0) is 11.5. The summed E-state index contributed by atoms with van der Waals surface area (Å²) in [6.45, 7) is 5.69. The number of hydrogen-bond donors (Lipinski definition) is 1. The van der Waals surface area contributed by atoms with E-state index in [0.717, 1.165) is 11.0 Å². The molecule has 0 aliphatic rings. The van der Waals surface area contributed by atoms with E-state index in [1.54, 1.807) is 0 Å². The highest BCUT2D eigenvalue weighted by Gasteiger charge is 2.20. The number of amides is 1. The van der Waals surface area contributed by atoms with E-state index in [1.165, 1.54) is 5.56 Å². The van der Waals surface area contributed by atoms with Crippen LogP contribution >= 0.6 is 15.9 Å². The lowest BCUT2D eigenvalue weighted by molar-refractivity contribution is -0.123. The molecule has 1 N–H and O–H groups in total. The van der Waals surface area contributed by atoms with Crippen molar-refractivity contribution in [3.63, 3.8) is 0 Å². The van der Waals surface area contributed by atoms with Gasteiger partial charge in [-0.15, -0.1) is 0 Å². The predicted molar refractivity (Wildman–Crippen MR) is 67.2 cm³/mol. The molecule has 0 atom stereocenters. The third-order valence-electron chi connectivity index (χ3n) is 2.05. The van der Waals surface area contributed by atoms with Gasteiger partial charge in [0.05, 0.1) is 0 Å². The maximum Gasteiger partial charge on any atom is 0.229 e. The number of anilines is 1. The van der Waals surface area contributed by atoms with Crippen LogP contribution in [0.15, 0.2) is 24.3 Å². The van der Waals surface area contributed by atoms with Gasteiger partial charge in [0.25, 0.3) is 0 Å². The van der Waals surface area contributed by atoms with Crippen molar-refractivity contribution in [3.05, 3.63) is 29.8 Å². The van der Waals surface area contributed by atoms with Gasteiger partial charge in [0, 0.05) is 16.4 Å². The summed E-state index contributed by atoms with van der Waals surface area (Å²) in [6.07, 6.45) is 0. The minimum Gasteiger partial charge on any atom is -0.326 e. The Morgan fingerprint density at radius 1 is 1.27 bits per heavy atom. The summed E-state index contributed by atoms with van der Waals surface area (Å²) in [7, 11) is 0. The minimum atomic E-state index is -0.353. The smallest absolute Gasteiger partial charge is 0.229 e. The van der Waals surface area contributed by atoms with Crippen molar-refractivity contribution in [2.75, 3.05) is 5.32 Å². The van der Waals surface area contributed by atoms with Gasteiger partial charge >= 0.3 is 0 Å². The monoisotopic (exact) mass is 269 g/mol. The molecule has 0 bridgehead atoms. The number of carbonyl (C=O) groups excluding carboxylic acids is 1. The second kappa shape index (κ2) is 4.79. The van der Waals surface area contributed by atoms with Crippen molar-refractivity contribution in [1.82, 2.24) is 0 Å². The Bertz CT molecular complexity index is 338. The van der Waals surface area contributed by atoms with Gasteiger partial charge in [-0.2, -0.15) is 0 Å². The van der Waals surface area contributed by atoms with E-state index in [2.05, 4.69) is 21.2 Å². The van der Waals surface area contributed by atoms with E-state index in [4.69, 9.17) is 0 Å². The largest absolute Gasteiger partial charge is 0.326 e. The SMILES string of the molecule is CC(C)(C)C(=O)Nc1ccc(CBr)cc1. The Kier molecular flexibility index (Phi) is 3.91. The van der Waals surface area contributed by atoms with Gasteiger partial charge in [0.2, 0.25) is 5.91 Å². The van der Waals surface area contributed by atoms with Gasteiger partial charge in [0.1, 0.15) is 0 Å².